The van der Waals surface area contributed by atoms with E-state index in [1.165, 1.54) is 11.3 Å². The lowest BCUT2D eigenvalue weighted by molar-refractivity contribution is 0.230. The zero-order chi connectivity index (χ0) is 24.6. The van der Waals surface area contributed by atoms with E-state index < -0.39 is 0 Å². The molecule has 186 valence electrons. The molecule has 1 aliphatic rings. The van der Waals surface area contributed by atoms with Crippen LogP contribution in [0.1, 0.15) is 25.3 Å². The van der Waals surface area contributed by atoms with E-state index in [2.05, 4.69) is 46.2 Å². The van der Waals surface area contributed by atoms with E-state index in [9.17, 15) is 5.11 Å². The molecule has 0 radical (unpaired) electrons. The number of anilines is 1. The maximum absolute atomic E-state index is 9.57. The summed E-state index contributed by atoms with van der Waals surface area (Å²) in [5.74, 6) is 2.45. The van der Waals surface area contributed by atoms with Crippen molar-refractivity contribution in [3.63, 3.8) is 0 Å². The summed E-state index contributed by atoms with van der Waals surface area (Å²) in [6, 6.07) is 14.6. The van der Waals surface area contributed by atoms with Crippen molar-refractivity contribution in [1.82, 2.24) is 14.6 Å². The molecule has 0 amide bonds. The fraction of sp³-hybridized carbons (Fsp3) is 0.333. The predicted octanol–water partition coefficient (Wildman–Crippen LogP) is 5.78. The first-order chi connectivity index (χ1) is 17.6. The van der Waals surface area contributed by atoms with Crippen LogP contribution in [0.15, 0.2) is 53.1 Å². The van der Waals surface area contributed by atoms with Crippen LogP contribution in [0.3, 0.4) is 0 Å². The lowest BCUT2D eigenvalue weighted by Crippen LogP contribution is -2.37. The molecule has 0 bridgehead atoms. The first kappa shape index (κ1) is 22.7. The smallest absolute Gasteiger partial charge is 0.291 e. The van der Waals surface area contributed by atoms with Gasteiger partial charge in [0, 0.05) is 36.8 Å². The summed E-state index contributed by atoms with van der Waals surface area (Å²) in [4.78, 5) is 7.59. The first-order valence-electron chi connectivity index (χ1n) is 12.2. The number of fused-ring (bicyclic) bond motifs is 2. The Kier molecular flexibility index (Phi) is 5.92. The molecule has 2 aromatic carbocycles. The summed E-state index contributed by atoms with van der Waals surface area (Å²) in [5, 5.41) is 14.4. The summed E-state index contributed by atoms with van der Waals surface area (Å²) in [6.07, 6.45) is 5.08. The fourth-order valence-corrected chi connectivity index (χ4v) is 5.46. The molecule has 8 nitrogen and oxygen atoms in total. The van der Waals surface area contributed by atoms with Gasteiger partial charge in [0.2, 0.25) is 4.96 Å². The Bertz CT molecular complexity index is 1470. The van der Waals surface area contributed by atoms with Crippen LogP contribution in [0.4, 0.5) is 5.69 Å². The second-order valence-corrected chi connectivity index (χ2v) is 10.1. The maximum atomic E-state index is 9.57. The SMILES string of the molecule is CCc1ccc(N2CCCC(COc3cc(OC)cc4oc(-c5cn6nc(O)sc6n5)cc34)C2)cc1. The van der Waals surface area contributed by atoms with Crippen LogP contribution in [-0.4, -0.2) is 46.5 Å². The number of nitrogens with zero attached hydrogens (tertiary/aromatic N) is 4. The monoisotopic (exact) mass is 504 g/mol. The van der Waals surface area contributed by atoms with Crippen LogP contribution in [0.2, 0.25) is 0 Å². The number of furan rings is 1. The number of methoxy groups -OCH3 is 1. The number of aromatic nitrogens is 3. The predicted molar refractivity (Wildman–Crippen MR) is 141 cm³/mol. The van der Waals surface area contributed by atoms with E-state index in [0.717, 1.165) is 54.8 Å². The third kappa shape index (κ3) is 4.35. The van der Waals surface area contributed by atoms with Crippen LogP contribution in [0.25, 0.3) is 27.4 Å². The zero-order valence-corrected chi connectivity index (χ0v) is 21.1. The number of benzene rings is 2. The number of hydrogen-bond donors (Lipinski definition) is 1. The molecule has 1 unspecified atom stereocenters. The first-order valence-corrected chi connectivity index (χ1v) is 13.0. The number of aromatic hydroxyl groups is 1. The molecule has 6 rings (SSSR count). The van der Waals surface area contributed by atoms with Crippen LogP contribution in [0, 0.1) is 5.92 Å². The number of hydrogen-bond acceptors (Lipinski definition) is 8. The molecule has 9 heteroatoms. The lowest BCUT2D eigenvalue weighted by Gasteiger charge is -2.34. The quantitative estimate of drug-likeness (QED) is 0.301. The van der Waals surface area contributed by atoms with Crippen molar-refractivity contribution in [2.75, 3.05) is 31.7 Å². The third-order valence-electron chi connectivity index (χ3n) is 6.80. The molecule has 1 saturated heterocycles. The van der Waals surface area contributed by atoms with Crippen molar-refractivity contribution in [1.29, 1.82) is 0 Å². The van der Waals surface area contributed by atoms with E-state index in [1.54, 1.807) is 17.8 Å². The minimum Gasteiger partial charge on any atom is -0.496 e. The van der Waals surface area contributed by atoms with Crippen molar-refractivity contribution in [3.05, 3.63) is 54.2 Å². The van der Waals surface area contributed by atoms with Gasteiger partial charge in [-0.3, -0.25) is 0 Å². The summed E-state index contributed by atoms with van der Waals surface area (Å²) in [6.45, 7) is 4.85. The number of rotatable bonds is 7. The molecule has 5 aromatic rings. The van der Waals surface area contributed by atoms with E-state index in [4.69, 9.17) is 13.9 Å². The molecule has 3 aromatic heterocycles. The highest BCUT2D eigenvalue weighted by atomic mass is 32.1. The minimum absolute atomic E-state index is 0.0201. The van der Waals surface area contributed by atoms with Crippen molar-refractivity contribution in [2.45, 2.75) is 26.2 Å². The van der Waals surface area contributed by atoms with Gasteiger partial charge in [0.05, 0.1) is 25.3 Å². The lowest BCUT2D eigenvalue weighted by atomic mass is 9.98. The molecular formula is C27H28N4O4S. The van der Waals surface area contributed by atoms with Gasteiger partial charge in [0.15, 0.2) is 5.76 Å². The van der Waals surface area contributed by atoms with Gasteiger partial charge >= 0.3 is 0 Å². The van der Waals surface area contributed by atoms with Crippen LogP contribution >= 0.6 is 11.3 Å². The highest BCUT2D eigenvalue weighted by Crippen LogP contribution is 2.38. The van der Waals surface area contributed by atoms with E-state index in [-0.39, 0.29) is 5.19 Å². The second-order valence-electron chi connectivity index (χ2n) is 9.17. The average molecular weight is 505 g/mol. The number of aryl methyl sites for hydroxylation is 1. The summed E-state index contributed by atoms with van der Waals surface area (Å²) in [5.41, 5.74) is 3.96. The van der Waals surface area contributed by atoms with Gasteiger partial charge in [-0.1, -0.05) is 19.1 Å². The number of piperidine rings is 1. The van der Waals surface area contributed by atoms with Crippen molar-refractivity contribution in [3.8, 4) is 28.1 Å². The summed E-state index contributed by atoms with van der Waals surface area (Å²) < 4.78 is 19.6. The van der Waals surface area contributed by atoms with Gasteiger partial charge in [-0.25, -0.2) is 9.50 Å². The Morgan fingerprint density at radius 1 is 1.19 bits per heavy atom. The van der Waals surface area contributed by atoms with Gasteiger partial charge in [0.1, 0.15) is 22.8 Å². The van der Waals surface area contributed by atoms with E-state index >= 15 is 0 Å². The topological polar surface area (TPSA) is 85.3 Å². The number of imidazole rings is 1. The third-order valence-corrected chi connectivity index (χ3v) is 7.52. The molecular weight excluding hydrogens is 476 g/mol. The van der Waals surface area contributed by atoms with Crippen LogP contribution in [0.5, 0.6) is 16.7 Å². The molecule has 1 aliphatic heterocycles. The van der Waals surface area contributed by atoms with Crippen molar-refractivity contribution in [2.24, 2.45) is 5.92 Å². The average Bonchev–Trinajstić information content (AvgIpc) is 3.60. The normalized spacial score (nSPS) is 16.2. The Morgan fingerprint density at radius 2 is 2.06 bits per heavy atom. The number of ether oxygens (including phenoxy) is 2. The Labute approximate surface area is 212 Å². The highest BCUT2D eigenvalue weighted by molar-refractivity contribution is 7.18. The molecule has 36 heavy (non-hydrogen) atoms. The van der Waals surface area contributed by atoms with Crippen molar-refractivity contribution >= 4 is 33.0 Å². The Balaban J connectivity index is 1.22. The van der Waals surface area contributed by atoms with Gasteiger partial charge in [-0.15, -0.1) is 5.10 Å². The molecule has 0 aliphatic carbocycles. The summed E-state index contributed by atoms with van der Waals surface area (Å²) >= 11 is 1.11. The Morgan fingerprint density at radius 3 is 2.83 bits per heavy atom. The van der Waals surface area contributed by atoms with Gasteiger partial charge in [-0.2, -0.15) is 0 Å². The molecule has 0 spiro atoms. The van der Waals surface area contributed by atoms with Crippen LogP contribution in [-0.2, 0) is 6.42 Å². The van der Waals surface area contributed by atoms with Crippen molar-refractivity contribution < 1.29 is 19.0 Å². The molecule has 1 fully saturated rings. The highest BCUT2D eigenvalue weighted by Gasteiger charge is 2.22. The second kappa shape index (κ2) is 9.39. The van der Waals surface area contributed by atoms with E-state index in [0.29, 0.717) is 40.3 Å². The maximum Gasteiger partial charge on any atom is 0.291 e. The molecule has 1 atom stereocenters. The minimum atomic E-state index is -0.0201. The largest absolute Gasteiger partial charge is 0.496 e. The molecule has 4 heterocycles. The molecule has 0 saturated carbocycles. The summed E-state index contributed by atoms with van der Waals surface area (Å²) in [7, 11) is 1.64. The van der Waals surface area contributed by atoms with Crippen LogP contribution < -0.4 is 14.4 Å². The standard InChI is InChI=1S/C27H28N4O4S/c1-3-17-6-8-19(9-7-17)30-10-4-5-18(14-30)16-34-23-11-20(33-2)12-24-21(23)13-25(35-24)22-15-31-26(28-22)36-27(32)29-31/h6-9,11-13,15,18H,3-5,10,14,16H2,1-2H3,(H,29,32). The van der Waals surface area contributed by atoms with Gasteiger partial charge < -0.3 is 23.9 Å². The van der Waals surface area contributed by atoms with Gasteiger partial charge in [-0.05, 0) is 54.4 Å². The fourth-order valence-electron chi connectivity index (χ4n) is 4.84. The Hall–Kier alpha value is -3.72. The van der Waals surface area contributed by atoms with E-state index in [1.807, 2.05) is 18.2 Å². The zero-order valence-electron chi connectivity index (χ0n) is 20.3. The van der Waals surface area contributed by atoms with Gasteiger partial charge in [0.25, 0.3) is 5.19 Å². The molecule has 1 N–H and O–H groups in total.